The summed E-state index contributed by atoms with van der Waals surface area (Å²) in [7, 11) is 0. The van der Waals surface area contributed by atoms with Crippen LogP contribution >= 0.6 is 0 Å². The minimum atomic E-state index is -0.753. The molecule has 1 aliphatic heterocycles. The van der Waals surface area contributed by atoms with Crippen LogP contribution in [0.3, 0.4) is 0 Å². The average molecular weight is 259 g/mol. The van der Waals surface area contributed by atoms with Gasteiger partial charge in [-0.2, -0.15) is 0 Å². The van der Waals surface area contributed by atoms with Crippen LogP contribution in [0.15, 0.2) is 0 Å². The van der Waals surface area contributed by atoms with Gasteiger partial charge in [-0.15, -0.1) is 0 Å². The van der Waals surface area contributed by atoms with Gasteiger partial charge in [-0.3, -0.25) is 4.79 Å². The highest BCUT2D eigenvalue weighted by molar-refractivity contribution is 5.75. The minimum Gasteiger partial charge on any atom is -0.465 e. The third kappa shape index (κ3) is 4.92. The molecule has 0 radical (unpaired) electrons. The number of carbonyl (C=O) groups is 1. The summed E-state index contributed by atoms with van der Waals surface area (Å²) >= 11 is 0. The lowest BCUT2D eigenvalue weighted by Gasteiger charge is -2.33. The Balaban J connectivity index is 2.42. The van der Waals surface area contributed by atoms with Gasteiger partial charge in [0.05, 0.1) is 12.2 Å². The highest BCUT2D eigenvalue weighted by atomic mass is 16.5. The summed E-state index contributed by atoms with van der Waals surface area (Å²) in [5.74, 6) is -0.227. The normalized spacial score (nSPS) is 20.4. The zero-order chi connectivity index (χ0) is 13.4. The number of hydrogen-bond donors (Lipinski definition) is 2. The Bertz CT molecular complexity index is 251. The predicted molar refractivity (Wildman–Crippen MR) is 68.3 cm³/mol. The van der Waals surface area contributed by atoms with E-state index in [0.29, 0.717) is 39.2 Å². The van der Waals surface area contributed by atoms with Gasteiger partial charge in [-0.05, 0) is 13.3 Å². The van der Waals surface area contributed by atoms with Gasteiger partial charge in [0.2, 0.25) is 0 Å². The molecule has 0 amide bonds. The van der Waals surface area contributed by atoms with Crippen LogP contribution in [0, 0.1) is 0 Å². The number of esters is 1. The molecule has 0 aromatic rings. The molecule has 1 atom stereocenters. The lowest BCUT2D eigenvalue weighted by molar-refractivity contribution is -0.146. The molecule has 0 spiro atoms. The topological polar surface area (TPSA) is 67.8 Å². The molecule has 5 nitrogen and oxygen atoms in total. The van der Waals surface area contributed by atoms with Crippen LogP contribution in [0.25, 0.3) is 0 Å². The summed E-state index contributed by atoms with van der Waals surface area (Å²) in [6.07, 6.45) is 2.85. The highest BCUT2D eigenvalue weighted by Gasteiger charge is 2.31. The minimum absolute atomic E-state index is 0.227. The maximum Gasteiger partial charge on any atom is 0.323 e. The smallest absolute Gasteiger partial charge is 0.323 e. The number of hydrogen-bond acceptors (Lipinski definition) is 5. The standard InChI is InChI=1S/C13H25NO4/c1-3-5-11(12(15)18-4-2)14-10-13(16)6-8-17-9-7-13/h11,14,16H,3-10H2,1-2H3. The molecule has 0 aromatic carbocycles. The molecule has 0 saturated carbocycles. The van der Waals surface area contributed by atoms with Crippen LogP contribution < -0.4 is 5.32 Å². The van der Waals surface area contributed by atoms with E-state index in [1.54, 1.807) is 6.92 Å². The molecular formula is C13H25NO4. The second-order valence-corrected chi connectivity index (χ2v) is 4.81. The molecule has 1 aliphatic rings. The maximum absolute atomic E-state index is 11.7. The van der Waals surface area contributed by atoms with Gasteiger partial charge in [0.25, 0.3) is 0 Å². The first-order valence-corrected chi connectivity index (χ1v) is 6.81. The molecule has 2 N–H and O–H groups in total. The molecule has 0 aliphatic carbocycles. The third-order valence-corrected chi connectivity index (χ3v) is 3.25. The SMILES string of the molecule is CCCC(NCC1(O)CCOCC1)C(=O)OCC. The fourth-order valence-electron chi connectivity index (χ4n) is 2.08. The van der Waals surface area contributed by atoms with Crippen molar-refractivity contribution in [3.63, 3.8) is 0 Å². The van der Waals surface area contributed by atoms with Crippen LogP contribution in [-0.2, 0) is 14.3 Å². The van der Waals surface area contributed by atoms with E-state index >= 15 is 0 Å². The van der Waals surface area contributed by atoms with Crippen molar-refractivity contribution in [3.05, 3.63) is 0 Å². The molecule has 106 valence electrons. The summed E-state index contributed by atoms with van der Waals surface area (Å²) in [4.78, 5) is 11.7. The van der Waals surface area contributed by atoms with Crippen molar-refractivity contribution in [3.8, 4) is 0 Å². The average Bonchev–Trinajstić information content (AvgIpc) is 2.35. The monoisotopic (exact) mass is 259 g/mol. The number of nitrogens with one attached hydrogen (secondary N) is 1. The lowest BCUT2D eigenvalue weighted by atomic mass is 9.94. The number of carbonyl (C=O) groups excluding carboxylic acids is 1. The Labute approximate surface area is 109 Å². The van der Waals surface area contributed by atoms with E-state index in [-0.39, 0.29) is 12.0 Å². The Kier molecular flexibility index (Phi) is 6.60. The summed E-state index contributed by atoms with van der Waals surface area (Å²) < 4.78 is 10.2. The summed E-state index contributed by atoms with van der Waals surface area (Å²) in [5, 5.41) is 13.4. The Morgan fingerprint density at radius 2 is 2.11 bits per heavy atom. The fourth-order valence-corrected chi connectivity index (χ4v) is 2.08. The largest absolute Gasteiger partial charge is 0.465 e. The summed E-state index contributed by atoms with van der Waals surface area (Å²) in [6.45, 7) is 5.79. The maximum atomic E-state index is 11.7. The predicted octanol–water partition coefficient (Wildman–Crippen LogP) is 0.849. The van der Waals surface area contributed by atoms with Gasteiger partial charge in [0.1, 0.15) is 6.04 Å². The van der Waals surface area contributed by atoms with Crippen molar-refractivity contribution in [2.24, 2.45) is 0 Å². The lowest BCUT2D eigenvalue weighted by Crippen LogP contribution is -2.50. The number of aliphatic hydroxyl groups is 1. The summed E-state index contributed by atoms with van der Waals surface area (Å²) in [6, 6.07) is -0.318. The Morgan fingerprint density at radius 3 is 2.67 bits per heavy atom. The molecule has 1 unspecified atom stereocenters. The van der Waals surface area contributed by atoms with Crippen molar-refractivity contribution < 1.29 is 19.4 Å². The first kappa shape index (κ1) is 15.4. The number of ether oxygens (including phenoxy) is 2. The molecule has 0 aromatic heterocycles. The van der Waals surface area contributed by atoms with Crippen LogP contribution in [0.4, 0.5) is 0 Å². The Hall–Kier alpha value is -0.650. The van der Waals surface area contributed by atoms with E-state index in [4.69, 9.17) is 9.47 Å². The second-order valence-electron chi connectivity index (χ2n) is 4.81. The first-order valence-electron chi connectivity index (χ1n) is 6.81. The molecular weight excluding hydrogens is 234 g/mol. The second kappa shape index (κ2) is 7.71. The van der Waals surface area contributed by atoms with Crippen molar-refractivity contribution in [2.45, 2.75) is 51.2 Å². The van der Waals surface area contributed by atoms with Crippen molar-refractivity contribution >= 4 is 5.97 Å². The van der Waals surface area contributed by atoms with E-state index < -0.39 is 5.60 Å². The van der Waals surface area contributed by atoms with Crippen LogP contribution in [-0.4, -0.2) is 49.1 Å². The van der Waals surface area contributed by atoms with Crippen molar-refractivity contribution in [1.29, 1.82) is 0 Å². The van der Waals surface area contributed by atoms with Crippen molar-refractivity contribution in [2.75, 3.05) is 26.4 Å². The third-order valence-electron chi connectivity index (χ3n) is 3.25. The zero-order valence-corrected chi connectivity index (χ0v) is 11.4. The van der Waals surface area contributed by atoms with E-state index in [9.17, 15) is 9.90 Å². The Morgan fingerprint density at radius 1 is 1.44 bits per heavy atom. The molecule has 0 bridgehead atoms. The van der Waals surface area contributed by atoms with Crippen LogP contribution in [0.5, 0.6) is 0 Å². The van der Waals surface area contributed by atoms with Gasteiger partial charge in [-0.1, -0.05) is 13.3 Å². The van der Waals surface area contributed by atoms with E-state index in [0.717, 1.165) is 12.8 Å². The molecule has 5 heteroatoms. The van der Waals surface area contributed by atoms with E-state index in [1.807, 2.05) is 6.92 Å². The molecule has 1 rings (SSSR count). The van der Waals surface area contributed by atoms with E-state index in [2.05, 4.69) is 5.32 Å². The first-order chi connectivity index (χ1) is 8.61. The van der Waals surface area contributed by atoms with Gasteiger partial charge in [-0.25, -0.2) is 0 Å². The van der Waals surface area contributed by atoms with Crippen LogP contribution in [0.1, 0.15) is 39.5 Å². The van der Waals surface area contributed by atoms with Gasteiger partial charge < -0.3 is 19.9 Å². The molecule has 1 heterocycles. The molecule has 1 fully saturated rings. The molecule has 1 saturated heterocycles. The zero-order valence-electron chi connectivity index (χ0n) is 11.4. The van der Waals surface area contributed by atoms with Crippen molar-refractivity contribution in [1.82, 2.24) is 5.32 Å². The van der Waals surface area contributed by atoms with E-state index in [1.165, 1.54) is 0 Å². The highest BCUT2D eigenvalue weighted by Crippen LogP contribution is 2.19. The van der Waals surface area contributed by atoms with Gasteiger partial charge in [0, 0.05) is 32.6 Å². The number of rotatable bonds is 7. The molecule has 18 heavy (non-hydrogen) atoms. The fraction of sp³-hybridized carbons (Fsp3) is 0.923. The summed E-state index contributed by atoms with van der Waals surface area (Å²) in [5.41, 5.74) is -0.753. The van der Waals surface area contributed by atoms with Gasteiger partial charge in [0.15, 0.2) is 0 Å². The van der Waals surface area contributed by atoms with Crippen LogP contribution in [0.2, 0.25) is 0 Å². The van der Waals surface area contributed by atoms with Gasteiger partial charge >= 0.3 is 5.97 Å². The quantitative estimate of drug-likeness (QED) is 0.663.